The number of halogens is 1. The average Bonchev–Trinajstić information content (AvgIpc) is 3.19. The third kappa shape index (κ3) is 8.09. The zero-order valence-electron chi connectivity index (χ0n) is 30.9. The van der Waals surface area contributed by atoms with Crippen LogP contribution in [0.1, 0.15) is 62.2 Å². The number of urea groups is 1. The zero-order chi connectivity index (χ0) is 37.8. The van der Waals surface area contributed by atoms with Gasteiger partial charge in [0, 0.05) is 82.0 Å². The van der Waals surface area contributed by atoms with Gasteiger partial charge in [0.2, 0.25) is 5.91 Å². The van der Waals surface area contributed by atoms with E-state index in [4.69, 9.17) is 21.1 Å². The highest BCUT2D eigenvalue weighted by Gasteiger charge is 2.30. The maximum Gasteiger partial charge on any atom is 0.328 e. The second-order valence-corrected chi connectivity index (χ2v) is 14.9. The minimum atomic E-state index is -0.518. The summed E-state index contributed by atoms with van der Waals surface area (Å²) < 4.78 is 13.7. The molecular formula is C41H47ClN6O6. The number of hydrogen-bond donors (Lipinski definition) is 1. The molecule has 13 heteroatoms. The first-order valence-corrected chi connectivity index (χ1v) is 19.3. The van der Waals surface area contributed by atoms with Crippen LogP contribution < -0.4 is 25.2 Å². The fourth-order valence-corrected chi connectivity index (χ4v) is 8.04. The number of methoxy groups -OCH3 is 1. The first-order chi connectivity index (χ1) is 26.2. The number of pyridine rings is 2. The Bertz CT molecular complexity index is 2090. The second-order valence-electron chi connectivity index (χ2n) is 14.5. The number of fused-ring (bicyclic) bond motifs is 1. The van der Waals surface area contributed by atoms with Crippen molar-refractivity contribution in [3.8, 4) is 22.6 Å². The number of aryl methyl sites for hydroxylation is 1. The summed E-state index contributed by atoms with van der Waals surface area (Å²) >= 11 is 6.82. The predicted octanol–water partition coefficient (Wildman–Crippen LogP) is 6.37. The number of carbonyl (C=O) groups is 3. The molecule has 12 nitrogen and oxygen atoms in total. The van der Waals surface area contributed by atoms with Crippen LogP contribution in [0.25, 0.3) is 21.9 Å². The average molecular weight is 755 g/mol. The van der Waals surface area contributed by atoms with E-state index in [2.05, 4.69) is 22.1 Å². The second kappa shape index (κ2) is 16.6. The number of likely N-dealkylation sites (tertiary alicyclic amines) is 2. The number of amides is 4. The van der Waals surface area contributed by atoms with Crippen LogP contribution >= 0.6 is 11.6 Å². The number of anilines is 1. The molecule has 2 aromatic heterocycles. The number of unbranched alkanes of at least 4 members (excludes halogenated alkanes) is 1. The third-order valence-electron chi connectivity index (χ3n) is 10.9. The van der Waals surface area contributed by atoms with Crippen LogP contribution in [0, 0.1) is 5.92 Å². The van der Waals surface area contributed by atoms with Crippen molar-refractivity contribution in [2.24, 2.45) is 5.92 Å². The standard InChI is InChI=1S/C41H47ClN6O6/c1-3-4-16-47-26-33(31-9-15-43-24-32(31)40(47)51)28-5-7-36(34(42)22-28)54-30-12-17-45(18-13-30)25-27-10-19-46(20-11-27)39(50)29-6-8-37(53-2)35(23-29)48-21-14-38(49)44-41(48)52/h5-9,15,22-24,26-27,30H,3-4,10-14,16-21,25H2,1-2H3,(H,44,49,52). The van der Waals surface area contributed by atoms with E-state index in [0.717, 1.165) is 74.7 Å². The largest absolute Gasteiger partial charge is 0.495 e. The Balaban J connectivity index is 0.909. The quantitative estimate of drug-likeness (QED) is 0.187. The van der Waals surface area contributed by atoms with Gasteiger partial charge in [-0.2, -0.15) is 0 Å². The number of piperidine rings is 2. The zero-order valence-corrected chi connectivity index (χ0v) is 31.6. The van der Waals surface area contributed by atoms with Crippen LogP contribution in [0.5, 0.6) is 11.5 Å². The predicted molar refractivity (Wildman–Crippen MR) is 209 cm³/mol. The van der Waals surface area contributed by atoms with Crippen molar-refractivity contribution in [3.63, 3.8) is 0 Å². The van der Waals surface area contributed by atoms with Crippen molar-refractivity contribution in [2.75, 3.05) is 51.3 Å². The van der Waals surface area contributed by atoms with E-state index < -0.39 is 6.03 Å². The summed E-state index contributed by atoms with van der Waals surface area (Å²) in [4.78, 5) is 60.9. The topological polar surface area (TPSA) is 126 Å². The Hall–Kier alpha value is -4.94. The molecule has 2 aromatic carbocycles. The lowest BCUT2D eigenvalue weighted by molar-refractivity contribution is -0.120. The lowest BCUT2D eigenvalue weighted by Crippen LogP contribution is -2.49. The van der Waals surface area contributed by atoms with E-state index in [-0.39, 0.29) is 36.4 Å². The van der Waals surface area contributed by atoms with Gasteiger partial charge in [-0.25, -0.2) is 4.79 Å². The van der Waals surface area contributed by atoms with E-state index in [1.807, 2.05) is 35.4 Å². The Morgan fingerprint density at radius 1 is 0.944 bits per heavy atom. The molecule has 4 amide bonds. The molecule has 4 aromatic rings. The molecule has 0 spiro atoms. The molecule has 0 bridgehead atoms. The molecule has 0 atom stereocenters. The molecule has 3 fully saturated rings. The maximum atomic E-state index is 13.5. The van der Waals surface area contributed by atoms with Crippen LogP contribution in [0.4, 0.5) is 10.5 Å². The van der Waals surface area contributed by atoms with Gasteiger partial charge in [0.15, 0.2) is 0 Å². The summed E-state index contributed by atoms with van der Waals surface area (Å²) in [6.45, 7) is 7.19. The maximum absolute atomic E-state index is 13.5. The minimum Gasteiger partial charge on any atom is -0.495 e. The van der Waals surface area contributed by atoms with Gasteiger partial charge in [0.05, 0.1) is 23.2 Å². The molecule has 7 rings (SSSR count). The number of carbonyl (C=O) groups excluding carboxylic acids is 3. The highest BCUT2D eigenvalue weighted by Crippen LogP contribution is 2.35. The van der Waals surface area contributed by atoms with Gasteiger partial charge in [-0.05, 0) is 85.4 Å². The Morgan fingerprint density at radius 3 is 2.44 bits per heavy atom. The fraction of sp³-hybridized carbons (Fsp3) is 0.439. The van der Waals surface area contributed by atoms with Crippen LogP contribution in [0.15, 0.2) is 65.8 Å². The third-order valence-corrected chi connectivity index (χ3v) is 11.2. The molecule has 3 aliphatic rings. The van der Waals surface area contributed by atoms with E-state index in [0.29, 0.717) is 58.7 Å². The van der Waals surface area contributed by atoms with Crippen LogP contribution in [-0.4, -0.2) is 89.7 Å². The molecule has 0 aliphatic carbocycles. The lowest BCUT2D eigenvalue weighted by Gasteiger charge is -2.38. The van der Waals surface area contributed by atoms with E-state index >= 15 is 0 Å². The molecule has 0 unspecified atom stereocenters. The molecular weight excluding hydrogens is 708 g/mol. The Kier molecular flexibility index (Phi) is 11.5. The van der Waals surface area contributed by atoms with Gasteiger partial charge in [-0.1, -0.05) is 31.0 Å². The SMILES string of the molecule is CCCCn1cc(-c2ccc(OC3CCN(CC4CCN(C(=O)c5ccc(OC)c(N6CCC(=O)NC6=O)c5)CC4)CC3)c(Cl)c2)c2ccncc2c1=O. The summed E-state index contributed by atoms with van der Waals surface area (Å²) in [7, 11) is 1.52. The number of nitrogens with zero attached hydrogens (tertiary/aromatic N) is 5. The first kappa shape index (κ1) is 37.4. The monoisotopic (exact) mass is 754 g/mol. The van der Waals surface area contributed by atoms with Crippen molar-refractivity contribution in [3.05, 3.63) is 82.0 Å². The highest BCUT2D eigenvalue weighted by atomic mass is 35.5. The number of imide groups is 1. The molecule has 5 heterocycles. The van der Waals surface area contributed by atoms with Gasteiger partial charge in [0.25, 0.3) is 11.5 Å². The van der Waals surface area contributed by atoms with Crippen LogP contribution in [-0.2, 0) is 11.3 Å². The smallest absolute Gasteiger partial charge is 0.328 e. The Labute approximate surface area is 320 Å². The molecule has 284 valence electrons. The first-order valence-electron chi connectivity index (χ1n) is 19.0. The van der Waals surface area contributed by atoms with E-state index in [1.54, 1.807) is 35.2 Å². The lowest BCUT2D eigenvalue weighted by atomic mass is 9.94. The van der Waals surface area contributed by atoms with Crippen LogP contribution in [0.3, 0.4) is 0 Å². The summed E-state index contributed by atoms with van der Waals surface area (Å²) in [5.74, 6) is 1.24. The molecule has 1 N–H and O–H groups in total. The summed E-state index contributed by atoms with van der Waals surface area (Å²) in [6.07, 6.45) is 11.1. The summed E-state index contributed by atoms with van der Waals surface area (Å²) in [5.41, 5.74) is 2.81. The van der Waals surface area contributed by atoms with Gasteiger partial charge in [0.1, 0.15) is 17.6 Å². The Morgan fingerprint density at radius 2 is 1.72 bits per heavy atom. The van der Waals surface area contributed by atoms with Crippen LogP contribution in [0.2, 0.25) is 5.02 Å². The van der Waals surface area contributed by atoms with E-state index in [9.17, 15) is 19.2 Å². The molecule has 54 heavy (non-hydrogen) atoms. The van der Waals surface area contributed by atoms with Crippen molar-refractivity contribution in [2.45, 2.75) is 64.5 Å². The molecule has 0 saturated carbocycles. The fourth-order valence-electron chi connectivity index (χ4n) is 7.81. The normalized spacial score (nSPS) is 17.5. The van der Waals surface area contributed by atoms with E-state index in [1.165, 1.54) is 12.0 Å². The van der Waals surface area contributed by atoms with Gasteiger partial charge in [-0.3, -0.25) is 29.6 Å². The summed E-state index contributed by atoms with van der Waals surface area (Å²) in [5, 5.41) is 4.33. The number of aromatic nitrogens is 2. The van der Waals surface area contributed by atoms with Gasteiger partial charge >= 0.3 is 6.03 Å². The number of rotatable bonds is 11. The molecule has 3 aliphatic heterocycles. The number of hydrogen-bond acceptors (Lipinski definition) is 8. The molecule has 0 radical (unpaired) electrons. The summed E-state index contributed by atoms with van der Waals surface area (Å²) in [6, 6.07) is 12.4. The molecule has 3 saturated heterocycles. The van der Waals surface area contributed by atoms with Crippen molar-refractivity contribution < 1.29 is 23.9 Å². The van der Waals surface area contributed by atoms with Crippen molar-refractivity contribution in [1.82, 2.24) is 24.7 Å². The number of nitrogens with one attached hydrogen (secondary N) is 1. The van der Waals surface area contributed by atoms with Crippen molar-refractivity contribution >= 4 is 45.9 Å². The van der Waals surface area contributed by atoms with Gasteiger partial charge < -0.3 is 23.8 Å². The number of benzene rings is 2. The minimum absolute atomic E-state index is 0.0277. The van der Waals surface area contributed by atoms with Gasteiger partial charge in [-0.15, -0.1) is 0 Å². The number of ether oxygens (including phenoxy) is 2. The highest BCUT2D eigenvalue weighted by molar-refractivity contribution is 6.32. The van der Waals surface area contributed by atoms with Crippen molar-refractivity contribution in [1.29, 1.82) is 0 Å².